The zero-order valence-electron chi connectivity index (χ0n) is 11.6. The zero-order valence-corrected chi connectivity index (χ0v) is 13.2. The van der Waals surface area contributed by atoms with Gasteiger partial charge in [0.2, 0.25) is 0 Å². The summed E-state index contributed by atoms with van der Waals surface area (Å²) in [6, 6.07) is 4.65. The van der Waals surface area contributed by atoms with Crippen molar-refractivity contribution in [3.63, 3.8) is 0 Å². The van der Waals surface area contributed by atoms with Crippen LogP contribution in [0.4, 0.5) is 0 Å². The molecule has 0 saturated carbocycles. The largest absolute Gasteiger partial charge is 0.304 e. The van der Waals surface area contributed by atoms with Gasteiger partial charge >= 0.3 is 0 Å². The standard InChI is InChI=1S/C14H20ClN3S/c1-4-10(13-7-6-8-19-13)16-9-12-14(15)11(5-2)17-18(12)3/h6-8,10,16H,4-5,9H2,1-3H3. The van der Waals surface area contributed by atoms with Crippen LogP contribution < -0.4 is 5.32 Å². The fourth-order valence-corrected chi connectivity index (χ4v) is 3.41. The molecule has 2 aromatic rings. The SMILES string of the molecule is CCc1nn(C)c(CNC(CC)c2cccs2)c1Cl. The molecule has 0 aromatic carbocycles. The van der Waals surface area contributed by atoms with E-state index in [0.717, 1.165) is 35.8 Å². The average Bonchev–Trinajstić information content (AvgIpc) is 3.01. The molecular formula is C14H20ClN3S. The average molecular weight is 298 g/mol. The first kappa shape index (κ1) is 14.6. The molecule has 104 valence electrons. The van der Waals surface area contributed by atoms with Crippen LogP contribution >= 0.6 is 22.9 Å². The van der Waals surface area contributed by atoms with E-state index in [1.54, 1.807) is 11.3 Å². The molecule has 1 unspecified atom stereocenters. The highest BCUT2D eigenvalue weighted by molar-refractivity contribution is 7.10. The van der Waals surface area contributed by atoms with E-state index < -0.39 is 0 Å². The Morgan fingerprint density at radius 1 is 1.47 bits per heavy atom. The van der Waals surface area contributed by atoms with Crippen LogP contribution in [-0.2, 0) is 20.0 Å². The van der Waals surface area contributed by atoms with Gasteiger partial charge in [-0.3, -0.25) is 4.68 Å². The molecule has 0 aliphatic heterocycles. The van der Waals surface area contributed by atoms with Gasteiger partial charge < -0.3 is 5.32 Å². The first-order valence-electron chi connectivity index (χ1n) is 6.64. The second kappa shape index (κ2) is 6.55. The molecule has 0 bridgehead atoms. The van der Waals surface area contributed by atoms with Crippen molar-refractivity contribution < 1.29 is 0 Å². The molecule has 1 atom stereocenters. The normalized spacial score (nSPS) is 12.8. The molecule has 0 amide bonds. The van der Waals surface area contributed by atoms with Crippen LogP contribution in [-0.4, -0.2) is 9.78 Å². The summed E-state index contributed by atoms with van der Waals surface area (Å²) in [4.78, 5) is 1.37. The Morgan fingerprint density at radius 3 is 2.79 bits per heavy atom. The first-order valence-corrected chi connectivity index (χ1v) is 7.90. The molecule has 1 N–H and O–H groups in total. The van der Waals surface area contributed by atoms with Gasteiger partial charge in [-0.25, -0.2) is 0 Å². The summed E-state index contributed by atoms with van der Waals surface area (Å²) in [6.07, 6.45) is 1.94. The Balaban J connectivity index is 2.08. The molecule has 3 nitrogen and oxygen atoms in total. The smallest absolute Gasteiger partial charge is 0.0863 e. The van der Waals surface area contributed by atoms with E-state index in [0.29, 0.717) is 6.04 Å². The third kappa shape index (κ3) is 3.19. The van der Waals surface area contributed by atoms with Crippen molar-refractivity contribution in [2.75, 3.05) is 0 Å². The molecule has 2 heterocycles. The predicted octanol–water partition coefficient (Wildman–Crippen LogP) is 3.94. The minimum Gasteiger partial charge on any atom is -0.304 e. The van der Waals surface area contributed by atoms with Gasteiger partial charge in [-0.15, -0.1) is 11.3 Å². The minimum absolute atomic E-state index is 0.385. The molecule has 0 radical (unpaired) electrons. The lowest BCUT2D eigenvalue weighted by Gasteiger charge is -2.15. The van der Waals surface area contributed by atoms with Gasteiger partial charge in [-0.1, -0.05) is 31.5 Å². The third-order valence-corrected chi connectivity index (χ3v) is 4.74. The summed E-state index contributed by atoms with van der Waals surface area (Å²) in [7, 11) is 1.95. The molecule has 0 aliphatic rings. The van der Waals surface area contributed by atoms with Crippen molar-refractivity contribution in [1.82, 2.24) is 15.1 Å². The highest BCUT2D eigenvalue weighted by Crippen LogP contribution is 2.24. The van der Waals surface area contributed by atoms with Crippen LogP contribution in [0.1, 0.15) is 42.6 Å². The third-order valence-electron chi connectivity index (χ3n) is 3.31. The summed E-state index contributed by atoms with van der Waals surface area (Å²) in [6.45, 7) is 5.02. The van der Waals surface area contributed by atoms with Gasteiger partial charge in [0, 0.05) is 24.5 Å². The number of aryl methyl sites for hydroxylation is 2. The molecule has 5 heteroatoms. The molecule has 0 aliphatic carbocycles. The second-order valence-corrected chi connectivity index (χ2v) is 5.90. The van der Waals surface area contributed by atoms with Gasteiger partial charge in [0.1, 0.15) is 0 Å². The van der Waals surface area contributed by atoms with E-state index in [4.69, 9.17) is 11.6 Å². The summed E-state index contributed by atoms with van der Waals surface area (Å²) >= 11 is 8.15. The topological polar surface area (TPSA) is 29.9 Å². The number of nitrogens with one attached hydrogen (secondary N) is 1. The predicted molar refractivity (Wildman–Crippen MR) is 81.8 cm³/mol. The number of hydrogen-bond donors (Lipinski definition) is 1. The summed E-state index contributed by atoms with van der Waals surface area (Å²) < 4.78 is 1.88. The fourth-order valence-electron chi connectivity index (χ4n) is 2.17. The maximum absolute atomic E-state index is 6.36. The monoisotopic (exact) mass is 297 g/mol. The van der Waals surface area contributed by atoms with E-state index in [9.17, 15) is 0 Å². The van der Waals surface area contributed by atoms with Gasteiger partial charge in [0.25, 0.3) is 0 Å². The highest BCUT2D eigenvalue weighted by Gasteiger charge is 2.15. The van der Waals surface area contributed by atoms with Crippen LogP contribution in [0.3, 0.4) is 0 Å². The number of hydrogen-bond acceptors (Lipinski definition) is 3. The zero-order chi connectivity index (χ0) is 13.8. The minimum atomic E-state index is 0.385. The lowest BCUT2D eigenvalue weighted by Crippen LogP contribution is -2.21. The van der Waals surface area contributed by atoms with E-state index in [-0.39, 0.29) is 0 Å². The summed E-state index contributed by atoms with van der Waals surface area (Å²) in [5.74, 6) is 0. The van der Waals surface area contributed by atoms with Gasteiger partial charge in [-0.05, 0) is 24.3 Å². The number of nitrogens with zero attached hydrogens (tertiary/aromatic N) is 2. The number of halogens is 1. The van der Waals surface area contributed by atoms with E-state index in [1.807, 2.05) is 11.7 Å². The lowest BCUT2D eigenvalue weighted by molar-refractivity contribution is 0.509. The van der Waals surface area contributed by atoms with Gasteiger partial charge in [0.05, 0.1) is 16.4 Å². The lowest BCUT2D eigenvalue weighted by atomic mass is 10.2. The molecule has 0 spiro atoms. The maximum Gasteiger partial charge on any atom is 0.0863 e. The van der Waals surface area contributed by atoms with Crippen molar-refractivity contribution in [2.24, 2.45) is 7.05 Å². The van der Waals surface area contributed by atoms with Crippen LogP contribution in [0.5, 0.6) is 0 Å². The Morgan fingerprint density at radius 2 is 2.26 bits per heavy atom. The number of aromatic nitrogens is 2. The quantitative estimate of drug-likeness (QED) is 0.875. The van der Waals surface area contributed by atoms with Gasteiger partial charge in [0.15, 0.2) is 0 Å². The molecule has 0 fully saturated rings. The maximum atomic E-state index is 6.36. The van der Waals surface area contributed by atoms with E-state index in [1.165, 1.54) is 4.88 Å². The number of thiophene rings is 1. The summed E-state index contributed by atoms with van der Waals surface area (Å²) in [5, 5.41) is 10.9. The Kier molecular flexibility index (Phi) is 5.02. The molecule has 19 heavy (non-hydrogen) atoms. The molecule has 2 rings (SSSR count). The molecule has 2 aromatic heterocycles. The number of rotatable bonds is 6. The van der Waals surface area contributed by atoms with Crippen molar-refractivity contribution in [2.45, 2.75) is 39.3 Å². The second-order valence-electron chi connectivity index (χ2n) is 4.54. The van der Waals surface area contributed by atoms with E-state index >= 15 is 0 Å². The van der Waals surface area contributed by atoms with Crippen molar-refractivity contribution in [3.05, 3.63) is 38.8 Å². The van der Waals surface area contributed by atoms with Crippen LogP contribution in [0.2, 0.25) is 5.02 Å². The molecular weight excluding hydrogens is 278 g/mol. The Bertz CT molecular complexity index is 519. The van der Waals surface area contributed by atoms with Crippen molar-refractivity contribution >= 4 is 22.9 Å². The van der Waals surface area contributed by atoms with Gasteiger partial charge in [-0.2, -0.15) is 5.10 Å². The van der Waals surface area contributed by atoms with Crippen molar-refractivity contribution in [1.29, 1.82) is 0 Å². The fraction of sp³-hybridized carbons (Fsp3) is 0.500. The van der Waals surface area contributed by atoms with Crippen LogP contribution in [0.15, 0.2) is 17.5 Å². The van der Waals surface area contributed by atoms with Crippen LogP contribution in [0.25, 0.3) is 0 Å². The Hall–Kier alpha value is -0.840. The Labute approximate surface area is 123 Å². The first-order chi connectivity index (χ1) is 9.17. The van der Waals surface area contributed by atoms with Crippen LogP contribution in [0, 0.1) is 0 Å². The van der Waals surface area contributed by atoms with Crippen molar-refractivity contribution in [3.8, 4) is 0 Å². The summed E-state index contributed by atoms with van der Waals surface area (Å²) in [5.41, 5.74) is 2.04. The molecule has 0 saturated heterocycles. The highest BCUT2D eigenvalue weighted by atomic mass is 35.5. The van der Waals surface area contributed by atoms with E-state index in [2.05, 4.69) is 41.8 Å².